The van der Waals surface area contributed by atoms with Crippen LogP contribution in [0.25, 0.3) is 10.9 Å². The monoisotopic (exact) mass is 505 g/mol. The molecule has 1 fully saturated rings. The average Bonchev–Trinajstić information content (AvgIpc) is 2.83. The summed E-state index contributed by atoms with van der Waals surface area (Å²) >= 11 is 0. The lowest BCUT2D eigenvalue weighted by atomic mass is 9.80. The van der Waals surface area contributed by atoms with Gasteiger partial charge in [-0.1, -0.05) is 24.3 Å². The smallest absolute Gasteiger partial charge is 0.466 e. The second-order valence-corrected chi connectivity index (χ2v) is 8.61. The predicted octanol–water partition coefficient (Wildman–Crippen LogP) is 3.26. The molecular weight excluding hydrogens is 479 g/mol. The van der Waals surface area contributed by atoms with Gasteiger partial charge in [0.2, 0.25) is 0 Å². The number of fused-ring (bicyclic) bond motifs is 1. The largest absolute Gasteiger partial charge is 0.573 e. The number of nitrogens with zero attached hydrogens (tertiary/aromatic N) is 2. The van der Waals surface area contributed by atoms with Gasteiger partial charge in [-0.3, -0.25) is 14.2 Å². The van der Waals surface area contributed by atoms with Crippen LogP contribution in [0.5, 0.6) is 5.75 Å². The Kier molecular flexibility index (Phi) is 7.48. The molecule has 36 heavy (non-hydrogen) atoms. The third kappa shape index (κ3) is 5.78. The number of esters is 1. The molecule has 0 saturated carbocycles. The fraction of sp³-hybridized carbons (Fsp3) is 0.400. The van der Waals surface area contributed by atoms with Gasteiger partial charge in [0, 0.05) is 19.6 Å². The predicted molar refractivity (Wildman–Crippen MR) is 126 cm³/mol. The van der Waals surface area contributed by atoms with Crippen molar-refractivity contribution in [1.82, 2.24) is 14.5 Å². The topological polar surface area (TPSA) is 93.6 Å². The van der Waals surface area contributed by atoms with Crippen LogP contribution in [0.2, 0.25) is 0 Å². The van der Waals surface area contributed by atoms with Gasteiger partial charge < -0.3 is 19.4 Å². The number of aromatic amines is 1. The number of ether oxygens (including phenoxy) is 2. The van der Waals surface area contributed by atoms with Gasteiger partial charge >= 0.3 is 18.0 Å². The molecule has 1 aliphatic heterocycles. The zero-order valence-corrected chi connectivity index (χ0v) is 19.6. The fourth-order valence-corrected chi connectivity index (χ4v) is 4.70. The van der Waals surface area contributed by atoms with E-state index in [1.807, 2.05) is 4.90 Å². The first kappa shape index (κ1) is 25.5. The number of likely N-dealkylation sites (tertiary alicyclic amines) is 1. The molecule has 8 nitrogen and oxygen atoms in total. The number of rotatable bonds is 7. The summed E-state index contributed by atoms with van der Waals surface area (Å²) in [5, 5.41) is 0.404. The minimum absolute atomic E-state index is 0.119. The highest BCUT2D eigenvalue weighted by molar-refractivity contribution is 5.77. The number of piperidine rings is 1. The van der Waals surface area contributed by atoms with Gasteiger partial charge in [-0.2, -0.15) is 0 Å². The van der Waals surface area contributed by atoms with Crippen LogP contribution in [0.4, 0.5) is 13.2 Å². The fourth-order valence-electron chi connectivity index (χ4n) is 4.70. The molecule has 11 heteroatoms. The third-order valence-electron chi connectivity index (χ3n) is 6.34. The molecule has 192 valence electrons. The van der Waals surface area contributed by atoms with Crippen molar-refractivity contribution < 1.29 is 27.4 Å². The number of para-hydroxylation sites is 1. The summed E-state index contributed by atoms with van der Waals surface area (Å²) in [5.41, 5.74) is 0.102. The van der Waals surface area contributed by atoms with E-state index in [4.69, 9.17) is 4.74 Å². The van der Waals surface area contributed by atoms with Crippen molar-refractivity contribution in [3.63, 3.8) is 0 Å². The van der Waals surface area contributed by atoms with Gasteiger partial charge in [0.25, 0.3) is 5.56 Å². The normalized spacial score (nSPS) is 18.8. The van der Waals surface area contributed by atoms with E-state index in [0.717, 1.165) is 4.57 Å². The Morgan fingerprint density at radius 1 is 1.11 bits per heavy atom. The molecular formula is C25H26F3N3O5. The van der Waals surface area contributed by atoms with Crippen LogP contribution in [0, 0.1) is 5.92 Å². The number of carbonyl (C=O) groups is 1. The summed E-state index contributed by atoms with van der Waals surface area (Å²) in [7, 11) is 0. The molecule has 0 radical (unpaired) electrons. The molecule has 0 amide bonds. The highest BCUT2D eigenvalue weighted by Crippen LogP contribution is 2.36. The summed E-state index contributed by atoms with van der Waals surface area (Å²) < 4.78 is 48.5. The zero-order chi connectivity index (χ0) is 25.9. The number of H-pyrrole nitrogens is 1. The molecule has 1 saturated heterocycles. The van der Waals surface area contributed by atoms with Crippen LogP contribution in [0.1, 0.15) is 24.8 Å². The Morgan fingerprint density at radius 3 is 2.64 bits per heavy atom. The molecule has 0 spiro atoms. The van der Waals surface area contributed by atoms with Gasteiger partial charge in [-0.05, 0) is 55.6 Å². The lowest BCUT2D eigenvalue weighted by molar-refractivity contribution is -0.274. The maximum absolute atomic E-state index is 12.8. The van der Waals surface area contributed by atoms with Gasteiger partial charge in [0.15, 0.2) is 0 Å². The molecule has 0 unspecified atom stereocenters. The van der Waals surface area contributed by atoms with E-state index in [1.54, 1.807) is 37.3 Å². The van der Waals surface area contributed by atoms with Crippen LogP contribution < -0.4 is 16.0 Å². The van der Waals surface area contributed by atoms with Crippen LogP contribution in [-0.2, 0) is 16.1 Å². The molecule has 2 atom stereocenters. The van der Waals surface area contributed by atoms with E-state index in [1.165, 1.54) is 18.2 Å². The Morgan fingerprint density at radius 2 is 1.89 bits per heavy atom. The Bertz CT molecular complexity index is 1350. The molecule has 4 rings (SSSR count). The van der Waals surface area contributed by atoms with Crippen molar-refractivity contribution in [3.8, 4) is 5.75 Å². The zero-order valence-electron chi connectivity index (χ0n) is 19.6. The Labute approximate surface area is 204 Å². The lowest BCUT2D eigenvalue weighted by Crippen LogP contribution is -2.46. The van der Waals surface area contributed by atoms with Crippen molar-refractivity contribution in [1.29, 1.82) is 0 Å². The highest BCUT2D eigenvalue weighted by atomic mass is 19.4. The molecule has 1 aliphatic rings. The first-order valence-corrected chi connectivity index (χ1v) is 11.6. The van der Waals surface area contributed by atoms with E-state index in [2.05, 4.69) is 9.72 Å². The second-order valence-electron chi connectivity index (χ2n) is 8.61. The van der Waals surface area contributed by atoms with Gasteiger partial charge in [0.05, 0.1) is 23.4 Å². The average molecular weight is 505 g/mol. The molecule has 2 heterocycles. The maximum Gasteiger partial charge on any atom is 0.573 e. The van der Waals surface area contributed by atoms with E-state index >= 15 is 0 Å². The summed E-state index contributed by atoms with van der Waals surface area (Å²) in [5.74, 6) is -1.80. The van der Waals surface area contributed by atoms with Crippen molar-refractivity contribution in [3.05, 3.63) is 74.9 Å². The number of alkyl halides is 3. The Hall–Kier alpha value is -3.60. The van der Waals surface area contributed by atoms with Crippen LogP contribution in [0.15, 0.2) is 58.1 Å². The number of halogens is 3. The molecule has 1 N–H and O–H groups in total. The molecule has 0 aliphatic carbocycles. The molecule has 1 aromatic heterocycles. The van der Waals surface area contributed by atoms with Crippen molar-refractivity contribution in [2.75, 3.05) is 26.2 Å². The van der Waals surface area contributed by atoms with Crippen molar-refractivity contribution >= 4 is 16.9 Å². The summed E-state index contributed by atoms with van der Waals surface area (Å²) in [4.78, 5) is 42.7. The van der Waals surface area contributed by atoms with Crippen LogP contribution >= 0.6 is 0 Å². The van der Waals surface area contributed by atoms with Gasteiger partial charge in [-0.25, -0.2) is 4.79 Å². The number of aromatic nitrogens is 2. The Balaban J connectivity index is 1.52. The summed E-state index contributed by atoms with van der Waals surface area (Å²) in [6.45, 7) is 3.10. The molecule has 0 bridgehead atoms. The quantitative estimate of drug-likeness (QED) is 0.496. The first-order valence-electron chi connectivity index (χ1n) is 11.6. The van der Waals surface area contributed by atoms with Crippen LogP contribution in [0.3, 0.4) is 0 Å². The minimum atomic E-state index is -4.82. The van der Waals surface area contributed by atoms with Crippen molar-refractivity contribution in [2.45, 2.75) is 32.2 Å². The van der Waals surface area contributed by atoms with E-state index in [-0.39, 0.29) is 31.4 Å². The van der Waals surface area contributed by atoms with Gasteiger partial charge in [-0.15, -0.1) is 13.2 Å². The second kappa shape index (κ2) is 10.6. The van der Waals surface area contributed by atoms with Crippen LogP contribution in [-0.4, -0.2) is 53.0 Å². The van der Waals surface area contributed by atoms with E-state index in [9.17, 15) is 27.6 Å². The molecule has 2 aromatic carbocycles. The number of hydrogen-bond acceptors (Lipinski definition) is 6. The van der Waals surface area contributed by atoms with Crippen molar-refractivity contribution in [2.24, 2.45) is 5.92 Å². The summed E-state index contributed by atoms with van der Waals surface area (Å²) in [6, 6.07) is 12.4. The first-order chi connectivity index (χ1) is 17.2. The standard InChI is InChI=1S/C25H26F3N3O5/c1-2-35-23(33)20-15-30(11-10-18(20)16-6-5-7-17(14-16)36-25(26,27)28)12-13-31-22(32)19-8-3-4-9-21(19)29-24(31)34/h3-9,14,18,20H,2,10-13,15H2,1H3,(H,29,34)/t18-,20-/m0/s1. The SMILES string of the molecule is CCOC(=O)[C@H]1CN(CCn2c(=O)[nH]c3ccccc3c2=O)CC[C@H]1c1cccc(OC(F)(F)F)c1. The number of benzene rings is 2. The van der Waals surface area contributed by atoms with E-state index in [0.29, 0.717) is 36.0 Å². The third-order valence-corrected chi connectivity index (χ3v) is 6.34. The molecule has 3 aromatic rings. The highest BCUT2D eigenvalue weighted by Gasteiger charge is 2.37. The maximum atomic E-state index is 12.8. The van der Waals surface area contributed by atoms with Gasteiger partial charge in [0.1, 0.15) is 5.75 Å². The number of nitrogens with one attached hydrogen (secondary N) is 1. The van der Waals surface area contributed by atoms with E-state index < -0.39 is 29.5 Å². The summed E-state index contributed by atoms with van der Waals surface area (Å²) in [6.07, 6.45) is -4.34. The number of hydrogen-bond donors (Lipinski definition) is 1. The lowest BCUT2D eigenvalue weighted by Gasteiger charge is -2.37. The minimum Gasteiger partial charge on any atom is -0.466 e. The number of carbonyl (C=O) groups excluding carboxylic acids is 1.